The Hall–Kier alpha value is -1.87. The van der Waals surface area contributed by atoms with E-state index in [1.54, 1.807) is 24.3 Å². The molecule has 0 aromatic heterocycles. The number of rotatable bonds is 5. The number of sulfone groups is 1. The van der Waals surface area contributed by atoms with Crippen LogP contribution in [0, 0.1) is 0 Å². The molecule has 23 heavy (non-hydrogen) atoms. The predicted octanol–water partition coefficient (Wildman–Crippen LogP) is 3.19. The molecule has 1 unspecified atom stereocenters. The Morgan fingerprint density at radius 1 is 0.652 bits per heavy atom. The van der Waals surface area contributed by atoms with Gasteiger partial charge in [-0.1, -0.05) is 0 Å². The van der Waals surface area contributed by atoms with Crippen molar-refractivity contribution >= 4 is 29.3 Å². The van der Waals surface area contributed by atoms with Crippen molar-refractivity contribution in [3.8, 4) is 0 Å². The fourth-order valence-electron chi connectivity index (χ4n) is 2.28. The van der Waals surface area contributed by atoms with Crippen LogP contribution in [0.5, 0.6) is 0 Å². The van der Waals surface area contributed by atoms with Gasteiger partial charge < -0.3 is 0 Å². The van der Waals surface area contributed by atoms with Gasteiger partial charge >= 0.3 is 143 Å². The second-order valence-electron chi connectivity index (χ2n) is 5.03. The zero-order chi connectivity index (χ0) is 16.1. The number of hydrogen-bond donors (Lipinski definition) is 0. The molecular formula is C19H16O2SSe. The molecule has 4 heteroatoms. The SMILES string of the molecule is O=S(=O)(c1ccccc1)C([Se]c1ccccc1)c1ccccc1. The predicted molar refractivity (Wildman–Crippen MR) is 94.6 cm³/mol. The number of benzene rings is 3. The first-order chi connectivity index (χ1) is 11.2. The maximum atomic E-state index is 13.2. The molecule has 116 valence electrons. The van der Waals surface area contributed by atoms with Gasteiger partial charge in [0.05, 0.1) is 0 Å². The third kappa shape index (κ3) is 3.73. The van der Waals surface area contributed by atoms with Gasteiger partial charge in [0.25, 0.3) is 0 Å². The maximum absolute atomic E-state index is 13.2. The molecule has 3 aromatic rings. The van der Waals surface area contributed by atoms with E-state index in [1.807, 2.05) is 66.7 Å². The van der Waals surface area contributed by atoms with E-state index in [4.69, 9.17) is 0 Å². The van der Waals surface area contributed by atoms with Gasteiger partial charge in [-0.25, -0.2) is 0 Å². The van der Waals surface area contributed by atoms with Crippen molar-refractivity contribution in [3.05, 3.63) is 96.6 Å². The fraction of sp³-hybridized carbons (Fsp3) is 0.0526. The van der Waals surface area contributed by atoms with Crippen LogP contribution in [0.15, 0.2) is 95.9 Å². The van der Waals surface area contributed by atoms with Gasteiger partial charge in [0.2, 0.25) is 0 Å². The van der Waals surface area contributed by atoms with Crippen LogP contribution >= 0.6 is 0 Å². The minimum absolute atomic E-state index is 0.211. The van der Waals surface area contributed by atoms with Crippen LogP contribution in [0.3, 0.4) is 0 Å². The Kier molecular flexibility index (Phi) is 4.97. The molecule has 0 saturated carbocycles. The Bertz CT molecular complexity index is 848. The summed E-state index contributed by atoms with van der Waals surface area (Å²) in [6.07, 6.45) is 0. The third-order valence-electron chi connectivity index (χ3n) is 3.41. The van der Waals surface area contributed by atoms with E-state index >= 15 is 0 Å². The zero-order valence-corrected chi connectivity index (χ0v) is 14.9. The molecular weight excluding hydrogens is 371 g/mol. The quantitative estimate of drug-likeness (QED) is 0.631. The Morgan fingerprint density at radius 3 is 1.70 bits per heavy atom. The van der Waals surface area contributed by atoms with E-state index in [-0.39, 0.29) is 15.0 Å². The molecule has 0 aliphatic carbocycles. The van der Waals surface area contributed by atoms with Crippen molar-refractivity contribution in [2.45, 2.75) is 9.04 Å². The minimum atomic E-state index is -3.42. The van der Waals surface area contributed by atoms with E-state index in [0.29, 0.717) is 4.90 Å². The average molecular weight is 387 g/mol. The Balaban J connectivity index is 2.05. The van der Waals surface area contributed by atoms with Crippen molar-refractivity contribution in [1.29, 1.82) is 0 Å². The van der Waals surface area contributed by atoms with E-state index < -0.39 is 14.0 Å². The van der Waals surface area contributed by atoms with Crippen LogP contribution < -0.4 is 4.46 Å². The van der Waals surface area contributed by atoms with Crippen LogP contribution in [-0.4, -0.2) is 23.4 Å². The number of hydrogen-bond acceptors (Lipinski definition) is 2. The monoisotopic (exact) mass is 388 g/mol. The molecule has 0 saturated heterocycles. The second-order valence-corrected chi connectivity index (χ2v) is 10.2. The molecule has 0 aliphatic rings. The summed E-state index contributed by atoms with van der Waals surface area (Å²) in [5, 5.41) is 0. The summed E-state index contributed by atoms with van der Waals surface area (Å²) in [6, 6.07) is 28.1. The molecule has 0 fully saturated rings. The Labute approximate surface area is 143 Å². The van der Waals surface area contributed by atoms with Crippen LogP contribution in [0.1, 0.15) is 9.71 Å². The third-order valence-corrected chi connectivity index (χ3v) is 9.43. The summed E-state index contributed by atoms with van der Waals surface area (Å²) < 4.78 is 26.9. The molecule has 0 radical (unpaired) electrons. The summed E-state index contributed by atoms with van der Waals surface area (Å²) in [7, 11) is -3.42. The van der Waals surface area contributed by atoms with E-state index in [0.717, 1.165) is 10.0 Å². The normalized spacial score (nSPS) is 12.7. The molecule has 3 aromatic carbocycles. The Morgan fingerprint density at radius 2 is 1.13 bits per heavy atom. The van der Waals surface area contributed by atoms with Gasteiger partial charge in [0.1, 0.15) is 0 Å². The fourth-order valence-corrected chi connectivity index (χ4v) is 7.57. The molecule has 0 bridgehead atoms. The molecule has 0 N–H and O–H groups in total. The van der Waals surface area contributed by atoms with E-state index in [9.17, 15) is 8.42 Å². The van der Waals surface area contributed by atoms with Gasteiger partial charge in [-0.3, -0.25) is 0 Å². The van der Waals surface area contributed by atoms with Crippen LogP contribution in [0.4, 0.5) is 0 Å². The summed E-state index contributed by atoms with van der Waals surface area (Å²) in [5.74, 6) is 0. The molecule has 2 nitrogen and oxygen atoms in total. The first-order valence-electron chi connectivity index (χ1n) is 7.23. The standard InChI is InChI=1S/C19H16O2SSe/c20-22(21,17-12-6-2-7-13-17)19(16-10-4-1-5-11-16)23-18-14-8-3-9-15-18/h1-15,19H. The van der Waals surface area contributed by atoms with Crippen molar-refractivity contribution < 1.29 is 8.42 Å². The van der Waals surface area contributed by atoms with Crippen molar-refractivity contribution in [2.24, 2.45) is 0 Å². The van der Waals surface area contributed by atoms with Crippen LogP contribution in [-0.2, 0) is 9.84 Å². The zero-order valence-electron chi connectivity index (χ0n) is 12.4. The van der Waals surface area contributed by atoms with Crippen LogP contribution in [0.2, 0.25) is 0 Å². The molecule has 0 aliphatic heterocycles. The average Bonchev–Trinajstić information content (AvgIpc) is 2.62. The van der Waals surface area contributed by atoms with Gasteiger partial charge in [0, 0.05) is 0 Å². The van der Waals surface area contributed by atoms with Gasteiger partial charge in [-0.15, -0.1) is 0 Å². The molecule has 0 spiro atoms. The summed E-state index contributed by atoms with van der Waals surface area (Å²) in [4.78, 5) is 0.381. The van der Waals surface area contributed by atoms with Gasteiger partial charge in [0.15, 0.2) is 0 Å². The van der Waals surface area contributed by atoms with Crippen molar-refractivity contribution in [1.82, 2.24) is 0 Å². The van der Waals surface area contributed by atoms with E-state index in [2.05, 4.69) is 0 Å². The topological polar surface area (TPSA) is 34.1 Å². The van der Waals surface area contributed by atoms with Crippen LogP contribution in [0.25, 0.3) is 0 Å². The second kappa shape index (κ2) is 7.14. The molecule has 3 rings (SSSR count). The first kappa shape index (κ1) is 16.0. The summed E-state index contributed by atoms with van der Waals surface area (Å²) >= 11 is -0.211. The first-order valence-corrected chi connectivity index (χ1v) is 10.6. The van der Waals surface area contributed by atoms with Crippen molar-refractivity contribution in [3.63, 3.8) is 0 Å². The van der Waals surface area contributed by atoms with E-state index in [1.165, 1.54) is 0 Å². The summed E-state index contributed by atoms with van der Waals surface area (Å²) in [6.45, 7) is 0. The summed E-state index contributed by atoms with van der Waals surface area (Å²) in [5.41, 5.74) is 0.847. The molecule has 0 amide bonds. The van der Waals surface area contributed by atoms with Gasteiger partial charge in [-0.05, 0) is 0 Å². The van der Waals surface area contributed by atoms with Gasteiger partial charge in [-0.2, -0.15) is 0 Å². The van der Waals surface area contributed by atoms with Crippen molar-refractivity contribution in [2.75, 3.05) is 0 Å². The molecule has 1 atom stereocenters. The molecule has 0 heterocycles.